The van der Waals surface area contributed by atoms with E-state index in [1.807, 2.05) is 6.07 Å². The number of sulfone groups is 1. The highest BCUT2D eigenvalue weighted by molar-refractivity contribution is 7.90. The molecular weight excluding hydrogens is 236 g/mol. The fourth-order valence-corrected chi connectivity index (χ4v) is 2.99. The van der Waals surface area contributed by atoms with Crippen LogP contribution in [0.15, 0.2) is 30.3 Å². The highest BCUT2D eigenvalue weighted by Gasteiger charge is 2.16. The smallest absolute Gasteiger partial charge is 0.157 e. The lowest BCUT2D eigenvalue weighted by molar-refractivity contribution is 0.221. The van der Waals surface area contributed by atoms with E-state index in [-0.39, 0.29) is 17.4 Å². The summed E-state index contributed by atoms with van der Waals surface area (Å²) in [6.07, 6.45) is -0.986. The van der Waals surface area contributed by atoms with E-state index in [1.165, 1.54) is 0 Å². The number of aliphatic hydroxyl groups is 1. The van der Waals surface area contributed by atoms with Crippen LogP contribution in [0.1, 0.15) is 5.56 Å². The van der Waals surface area contributed by atoms with Crippen LogP contribution in [0, 0.1) is 0 Å². The van der Waals surface area contributed by atoms with Crippen LogP contribution in [-0.2, 0) is 15.6 Å². The normalized spacial score (nSPS) is 13.7. The predicted octanol–water partition coefficient (Wildman–Crippen LogP) is 1.20. The van der Waals surface area contributed by atoms with Gasteiger partial charge in [0.1, 0.15) is 0 Å². The van der Waals surface area contributed by atoms with Gasteiger partial charge in [-0.25, -0.2) is 8.42 Å². The van der Waals surface area contributed by atoms with E-state index >= 15 is 0 Å². The molecule has 0 heterocycles. The highest BCUT2D eigenvalue weighted by Crippen LogP contribution is 2.07. The molecule has 1 aromatic rings. The fraction of sp³-hybridized carbons (Fsp3) is 0.400. The van der Waals surface area contributed by atoms with E-state index in [0.717, 1.165) is 5.56 Å². The Labute approximate surface area is 94.6 Å². The van der Waals surface area contributed by atoms with Crippen molar-refractivity contribution in [2.24, 2.45) is 0 Å². The molecule has 3 nitrogen and oxygen atoms in total. The minimum absolute atomic E-state index is 0.0538. The van der Waals surface area contributed by atoms with Crippen molar-refractivity contribution in [3.63, 3.8) is 0 Å². The lowest BCUT2D eigenvalue weighted by Crippen LogP contribution is -2.23. The Bertz CT molecular complexity index is 388. The number of benzene rings is 1. The minimum atomic E-state index is -3.28. The van der Waals surface area contributed by atoms with Crippen molar-refractivity contribution in [3.05, 3.63) is 35.9 Å². The zero-order valence-electron chi connectivity index (χ0n) is 8.14. The van der Waals surface area contributed by atoms with Gasteiger partial charge >= 0.3 is 0 Å². The van der Waals surface area contributed by atoms with Crippen LogP contribution in [0.4, 0.5) is 0 Å². The van der Waals surface area contributed by atoms with Gasteiger partial charge in [-0.3, -0.25) is 0 Å². The molecule has 0 aliphatic heterocycles. The second kappa shape index (κ2) is 5.49. The zero-order chi connectivity index (χ0) is 11.3. The van der Waals surface area contributed by atoms with Gasteiger partial charge in [0, 0.05) is 5.88 Å². The molecule has 15 heavy (non-hydrogen) atoms. The average molecular weight is 249 g/mol. The lowest BCUT2D eigenvalue weighted by Gasteiger charge is -2.07. The quantitative estimate of drug-likeness (QED) is 0.797. The van der Waals surface area contributed by atoms with Crippen molar-refractivity contribution in [2.45, 2.75) is 11.9 Å². The van der Waals surface area contributed by atoms with Crippen molar-refractivity contribution >= 4 is 21.4 Å². The molecule has 0 radical (unpaired) electrons. The van der Waals surface area contributed by atoms with Crippen LogP contribution in [0.25, 0.3) is 0 Å². The summed E-state index contributed by atoms with van der Waals surface area (Å²) in [4.78, 5) is 0. The number of hydrogen-bond donors (Lipinski definition) is 1. The molecule has 1 atom stereocenters. The van der Waals surface area contributed by atoms with Crippen molar-refractivity contribution in [3.8, 4) is 0 Å². The van der Waals surface area contributed by atoms with Gasteiger partial charge < -0.3 is 5.11 Å². The molecule has 0 amide bonds. The van der Waals surface area contributed by atoms with Crippen LogP contribution in [-0.4, -0.2) is 31.3 Å². The van der Waals surface area contributed by atoms with Gasteiger partial charge in [0.05, 0.1) is 17.6 Å². The van der Waals surface area contributed by atoms with Gasteiger partial charge in [0.25, 0.3) is 0 Å². The van der Waals surface area contributed by atoms with Crippen molar-refractivity contribution in [1.29, 1.82) is 0 Å². The summed E-state index contributed by atoms with van der Waals surface area (Å²) in [5, 5.41) is 9.16. The van der Waals surface area contributed by atoms with E-state index in [0.29, 0.717) is 0 Å². The average Bonchev–Trinajstić information content (AvgIpc) is 2.17. The molecule has 0 aromatic heterocycles. The molecule has 1 aromatic carbocycles. The summed E-state index contributed by atoms with van der Waals surface area (Å²) in [5.41, 5.74) is 0.722. The van der Waals surface area contributed by atoms with Gasteiger partial charge in [-0.2, -0.15) is 0 Å². The number of rotatable bonds is 5. The Morgan fingerprint density at radius 1 is 1.27 bits per heavy atom. The first-order valence-corrected chi connectivity index (χ1v) is 6.87. The van der Waals surface area contributed by atoms with Crippen LogP contribution < -0.4 is 0 Å². The topological polar surface area (TPSA) is 54.4 Å². The molecule has 0 saturated heterocycles. The maximum atomic E-state index is 11.6. The summed E-state index contributed by atoms with van der Waals surface area (Å²) in [6, 6.07) is 8.87. The molecule has 0 bridgehead atoms. The summed E-state index contributed by atoms with van der Waals surface area (Å²) in [6.45, 7) is 0. The first-order valence-electron chi connectivity index (χ1n) is 4.52. The Morgan fingerprint density at radius 3 is 2.40 bits per heavy atom. The van der Waals surface area contributed by atoms with Crippen LogP contribution in [0.2, 0.25) is 0 Å². The Hall–Kier alpha value is -0.580. The van der Waals surface area contributed by atoms with Crippen molar-refractivity contribution in [2.75, 3.05) is 11.6 Å². The maximum Gasteiger partial charge on any atom is 0.157 e. The van der Waals surface area contributed by atoms with Crippen molar-refractivity contribution in [1.82, 2.24) is 0 Å². The third-order valence-corrected chi connectivity index (χ3v) is 3.88. The molecule has 0 fully saturated rings. The van der Waals surface area contributed by atoms with E-state index in [4.69, 9.17) is 16.7 Å². The summed E-state index contributed by atoms with van der Waals surface area (Å²) in [7, 11) is -3.28. The van der Waals surface area contributed by atoms with Gasteiger partial charge in [-0.05, 0) is 5.56 Å². The Kier molecular flexibility index (Phi) is 4.57. The molecule has 1 rings (SSSR count). The van der Waals surface area contributed by atoms with Crippen LogP contribution >= 0.6 is 11.6 Å². The number of aliphatic hydroxyl groups excluding tert-OH is 1. The SMILES string of the molecule is O=S(=O)(Cc1ccccc1)CC(O)CCl. The van der Waals surface area contributed by atoms with Crippen LogP contribution in [0.3, 0.4) is 0 Å². The standard InChI is InChI=1S/C10H13ClO3S/c11-6-10(12)8-15(13,14)7-9-4-2-1-3-5-9/h1-5,10,12H,6-8H2. The second-order valence-electron chi connectivity index (χ2n) is 3.35. The van der Waals surface area contributed by atoms with E-state index in [9.17, 15) is 8.42 Å². The van der Waals surface area contributed by atoms with Crippen LogP contribution in [0.5, 0.6) is 0 Å². The lowest BCUT2D eigenvalue weighted by atomic mass is 10.2. The summed E-state index contributed by atoms with van der Waals surface area (Å²) >= 11 is 5.35. The highest BCUT2D eigenvalue weighted by atomic mass is 35.5. The number of alkyl halides is 1. The number of hydrogen-bond acceptors (Lipinski definition) is 3. The molecule has 1 unspecified atom stereocenters. The third-order valence-electron chi connectivity index (χ3n) is 1.85. The second-order valence-corrected chi connectivity index (χ2v) is 5.77. The van der Waals surface area contributed by atoms with E-state index in [1.54, 1.807) is 24.3 Å². The fourth-order valence-electron chi connectivity index (χ4n) is 1.22. The largest absolute Gasteiger partial charge is 0.391 e. The molecule has 1 N–H and O–H groups in total. The predicted molar refractivity (Wildman–Crippen MR) is 60.7 cm³/mol. The first kappa shape index (κ1) is 12.5. The molecule has 84 valence electrons. The minimum Gasteiger partial charge on any atom is -0.391 e. The number of halogens is 1. The Balaban J connectivity index is 2.65. The molecule has 0 saturated carbocycles. The molecule has 0 aliphatic rings. The van der Waals surface area contributed by atoms with Gasteiger partial charge in [-0.15, -0.1) is 11.6 Å². The van der Waals surface area contributed by atoms with E-state index in [2.05, 4.69) is 0 Å². The molecule has 5 heteroatoms. The van der Waals surface area contributed by atoms with Gasteiger partial charge in [-0.1, -0.05) is 30.3 Å². The summed E-state index contributed by atoms with van der Waals surface area (Å²) < 4.78 is 23.1. The van der Waals surface area contributed by atoms with Gasteiger partial charge in [0.15, 0.2) is 9.84 Å². The van der Waals surface area contributed by atoms with Gasteiger partial charge in [0.2, 0.25) is 0 Å². The van der Waals surface area contributed by atoms with Crippen molar-refractivity contribution < 1.29 is 13.5 Å². The third kappa shape index (κ3) is 4.64. The molecule has 0 spiro atoms. The monoisotopic (exact) mass is 248 g/mol. The first-order chi connectivity index (χ1) is 7.03. The molecule has 0 aliphatic carbocycles. The van der Waals surface area contributed by atoms with E-state index < -0.39 is 15.9 Å². The summed E-state index contributed by atoms with van der Waals surface area (Å²) in [5.74, 6) is -0.402. The Morgan fingerprint density at radius 2 is 1.87 bits per heavy atom. The maximum absolute atomic E-state index is 11.6. The molecular formula is C10H13ClO3S. The zero-order valence-corrected chi connectivity index (χ0v) is 9.71.